The van der Waals surface area contributed by atoms with Crippen LogP contribution in [0.3, 0.4) is 0 Å². The lowest BCUT2D eigenvalue weighted by atomic mass is 9.79. The van der Waals surface area contributed by atoms with Crippen LogP contribution in [-0.2, 0) is 9.31 Å². The van der Waals surface area contributed by atoms with Crippen molar-refractivity contribution in [3.8, 4) is 0 Å². The van der Waals surface area contributed by atoms with E-state index in [2.05, 4.69) is 138 Å². The number of hydrogen-bond donors (Lipinski definition) is 1. The Balaban J connectivity index is 0.000000142. The van der Waals surface area contributed by atoms with Gasteiger partial charge in [-0.05, 0) is 103 Å². The second-order valence-electron chi connectivity index (χ2n) is 12.6. The highest BCUT2D eigenvalue weighted by molar-refractivity contribution is 9.10. The van der Waals surface area contributed by atoms with Crippen molar-refractivity contribution in [2.75, 3.05) is 0 Å². The van der Waals surface area contributed by atoms with Crippen molar-refractivity contribution in [2.45, 2.75) is 78.7 Å². The van der Waals surface area contributed by atoms with Gasteiger partial charge in [-0.2, -0.15) is 15.3 Å². The number of aromatic nitrogens is 6. The fourth-order valence-electron chi connectivity index (χ4n) is 4.96. The predicted molar refractivity (Wildman–Crippen MR) is 187 cm³/mol. The van der Waals surface area contributed by atoms with Crippen molar-refractivity contribution in [3.63, 3.8) is 0 Å². The number of nitrogens with zero attached hydrogens (tertiary/aromatic N) is 5. The summed E-state index contributed by atoms with van der Waals surface area (Å²) in [7, 11) is -0.318. The maximum absolute atomic E-state index is 6.10. The van der Waals surface area contributed by atoms with Gasteiger partial charge in [0.2, 0.25) is 0 Å². The molecular formula is C33H39BBr2N6O2. The average molecular weight is 722 g/mol. The van der Waals surface area contributed by atoms with Gasteiger partial charge in [0.05, 0.1) is 46.3 Å². The Bertz CT molecular complexity index is 1880. The van der Waals surface area contributed by atoms with E-state index in [0.717, 1.165) is 36.2 Å². The Morgan fingerprint density at radius 3 is 1.75 bits per heavy atom. The molecule has 0 saturated carbocycles. The van der Waals surface area contributed by atoms with Gasteiger partial charge in [0.25, 0.3) is 0 Å². The summed E-state index contributed by atoms with van der Waals surface area (Å²) in [6.45, 7) is 16.8. The van der Waals surface area contributed by atoms with Gasteiger partial charge in [-0.15, -0.1) is 0 Å². The summed E-state index contributed by atoms with van der Waals surface area (Å²) >= 11 is 6.82. The molecule has 7 rings (SSSR count). The van der Waals surface area contributed by atoms with Crippen LogP contribution in [0.4, 0.5) is 0 Å². The normalized spacial score (nSPS) is 15.6. The summed E-state index contributed by atoms with van der Waals surface area (Å²) < 4.78 is 18.5. The molecule has 0 unspecified atom stereocenters. The van der Waals surface area contributed by atoms with Crippen molar-refractivity contribution in [2.24, 2.45) is 0 Å². The lowest BCUT2D eigenvalue weighted by Gasteiger charge is -2.32. The molecule has 4 heterocycles. The van der Waals surface area contributed by atoms with Gasteiger partial charge in [0, 0.05) is 37.2 Å². The molecule has 6 aromatic rings. The monoisotopic (exact) mass is 720 g/mol. The zero-order valence-electron chi connectivity index (χ0n) is 26.5. The van der Waals surface area contributed by atoms with Crippen LogP contribution in [-0.4, -0.2) is 48.1 Å². The van der Waals surface area contributed by atoms with E-state index in [1.165, 1.54) is 10.9 Å². The number of hydrogen-bond acceptors (Lipinski definition) is 5. The van der Waals surface area contributed by atoms with Crippen LogP contribution in [0.1, 0.15) is 67.5 Å². The van der Waals surface area contributed by atoms with Crippen LogP contribution in [0.5, 0.6) is 0 Å². The maximum Gasteiger partial charge on any atom is 0.494 e. The lowest BCUT2D eigenvalue weighted by Crippen LogP contribution is -2.41. The molecule has 1 saturated heterocycles. The van der Waals surface area contributed by atoms with Crippen LogP contribution in [0, 0.1) is 0 Å². The van der Waals surface area contributed by atoms with Crippen molar-refractivity contribution < 1.29 is 9.31 Å². The highest BCUT2D eigenvalue weighted by Crippen LogP contribution is 2.36. The van der Waals surface area contributed by atoms with Crippen molar-refractivity contribution >= 4 is 77.1 Å². The fraction of sp³-hybridized carbons (Fsp3) is 0.364. The first-order valence-corrected chi connectivity index (χ1v) is 16.4. The van der Waals surface area contributed by atoms with Crippen LogP contribution in [0.25, 0.3) is 32.7 Å². The number of H-pyrrole nitrogens is 1. The quantitative estimate of drug-likeness (QED) is 0.185. The highest BCUT2D eigenvalue weighted by atomic mass is 79.9. The SMILES string of the molecule is Brc1ccc2[nH]ncc2c1.CC(C)n1ncc2cc(B3OC(C)(C)C(C)(C)O3)ccc21.CC(C)n1ncc2cc(Br)ccc21. The molecule has 44 heavy (non-hydrogen) atoms. The van der Waals surface area contributed by atoms with E-state index in [1.807, 2.05) is 46.0 Å². The van der Waals surface area contributed by atoms with E-state index in [-0.39, 0.29) is 18.3 Å². The Hall–Kier alpha value is -2.99. The molecule has 8 nitrogen and oxygen atoms in total. The van der Waals surface area contributed by atoms with Gasteiger partial charge < -0.3 is 9.31 Å². The Labute approximate surface area is 275 Å². The summed E-state index contributed by atoms with van der Waals surface area (Å²) in [5.74, 6) is 0. The van der Waals surface area contributed by atoms with Gasteiger partial charge in [0.1, 0.15) is 0 Å². The van der Waals surface area contributed by atoms with Crippen LogP contribution < -0.4 is 5.46 Å². The summed E-state index contributed by atoms with van der Waals surface area (Å²) in [6, 6.07) is 19.3. The molecule has 0 aliphatic carbocycles. The molecule has 1 N–H and O–H groups in total. The average Bonchev–Trinajstić information content (AvgIpc) is 3.73. The third kappa shape index (κ3) is 6.81. The fourth-order valence-corrected chi connectivity index (χ4v) is 5.72. The van der Waals surface area contributed by atoms with Gasteiger partial charge >= 0.3 is 7.12 Å². The first kappa shape index (κ1) is 32.4. The molecular weight excluding hydrogens is 683 g/mol. The van der Waals surface area contributed by atoms with Crippen molar-refractivity contribution in [1.82, 2.24) is 29.8 Å². The Morgan fingerprint density at radius 2 is 1.18 bits per heavy atom. The van der Waals surface area contributed by atoms with Crippen LogP contribution in [0.15, 0.2) is 82.1 Å². The Kier molecular flexibility index (Phi) is 9.42. The minimum absolute atomic E-state index is 0.311. The highest BCUT2D eigenvalue weighted by Gasteiger charge is 2.51. The van der Waals surface area contributed by atoms with Crippen molar-refractivity contribution in [3.05, 3.63) is 82.1 Å². The number of benzene rings is 3. The number of fused-ring (bicyclic) bond motifs is 3. The minimum atomic E-state index is -0.318. The van der Waals surface area contributed by atoms with E-state index < -0.39 is 0 Å². The van der Waals surface area contributed by atoms with E-state index in [9.17, 15) is 0 Å². The summed E-state index contributed by atoms with van der Waals surface area (Å²) in [5.41, 5.74) is 3.83. The number of rotatable bonds is 3. The second kappa shape index (κ2) is 12.8. The molecule has 0 spiro atoms. The van der Waals surface area contributed by atoms with Crippen LogP contribution in [0.2, 0.25) is 0 Å². The van der Waals surface area contributed by atoms with Gasteiger partial charge in [-0.1, -0.05) is 44.0 Å². The zero-order valence-corrected chi connectivity index (χ0v) is 29.6. The smallest absolute Gasteiger partial charge is 0.399 e. The summed E-state index contributed by atoms with van der Waals surface area (Å²) in [4.78, 5) is 0. The molecule has 3 aromatic heterocycles. The first-order chi connectivity index (χ1) is 20.8. The van der Waals surface area contributed by atoms with Crippen LogP contribution >= 0.6 is 31.9 Å². The van der Waals surface area contributed by atoms with E-state index >= 15 is 0 Å². The van der Waals surface area contributed by atoms with E-state index in [1.54, 1.807) is 6.20 Å². The molecule has 0 atom stereocenters. The largest absolute Gasteiger partial charge is 0.494 e. The summed E-state index contributed by atoms with van der Waals surface area (Å²) in [6.07, 6.45) is 5.62. The van der Waals surface area contributed by atoms with E-state index in [4.69, 9.17) is 9.31 Å². The molecule has 1 aliphatic rings. The maximum atomic E-state index is 6.10. The topological polar surface area (TPSA) is 82.8 Å². The third-order valence-electron chi connectivity index (χ3n) is 8.08. The molecule has 0 radical (unpaired) electrons. The number of nitrogens with one attached hydrogen (secondary N) is 1. The third-order valence-corrected chi connectivity index (χ3v) is 9.07. The Morgan fingerprint density at radius 1 is 0.682 bits per heavy atom. The molecule has 11 heteroatoms. The first-order valence-electron chi connectivity index (χ1n) is 14.8. The molecule has 0 amide bonds. The van der Waals surface area contributed by atoms with Gasteiger partial charge in [-0.3, -0.25) is 14.5 Å². The molecule has 3 aromatic carbocycles. The van der Waals surface area contributed by atoms with E-state index in [0.29, 0.717) is 12.1 Å². The molecule has 0 bridgehead atoms. The van der Waals surface area contributed by atoms with Crippen molar-refractivity contribution in [1.29, 1.82) is 0 Å². The standard InChI is InChI=1S/C16H23BN2O2.C10H11BrN2.C7H5BrN2/c1-11(2)19-14-8-7-13(9-12(14)10-18-19)17-20-15(3,4)16(5,6)21-17;1-7(2)13-10-4-3-9(11)5-8(10)6-12-13;8-6-1-2-7-5(3-6)4-9-10-7/h7-11H,1-6H3;3-7H,1-2H3;1-4H,(H,9,10). The van der Waals surface area contributed by atoms with Gasteiger partial charge in [-0.25, -0.2) is 0 Å². The predicted octanol–water partition coefficient (Wildman–Crippen LogP) is 8.62. The van der Waals surface area contributed by atoms with Gasteiger partial charge in [0.15, 0.2) is 0 Å². The minimum Gasteiger partial charge on any atom is -0.399 e. The molecule has 1 fully saturated rings. The zero-order chi connectivity index (χ0) is 31.8. The summed E-state index contributed by atoms with van der Waals surface area (Å²) in [5, 5.41) is 19.0. The number of aromatic amines is 1. The lowest BCUT2D eigenvalue weighted by molar-refractivity contribution is 0.00578. The number of halogens is 2. The second-order valence-corrected chi connectivity index (χ2v) is 14.4. The molecule has 230 valence electrons. The molecule has 1 aliphatic heterocycles.